The molecule has 0 aromatic heterocycles. The highest BCUT2D eigenvalue weighted by atomic mass is 79.9. The fourth-order valence-electron chi connectivity index (χ4n) is 4.82. The number of carbonyl (C=O) groups excluding carboxylic acids is 2. The highest BCUT2D eigenvalue weighted by molar-refractivity contribution is 9.10. The van der Waals surface area contributed by atoms with Crippen LogP contribution < -0.4 is 9.62 Å². The average molecular weight is 627 g/mol. The van der Waals surface area contributed by atoms with Crippen LogP contribution in [-0.2, 0) is 26.2 Å². The first-order valence-electron chi connectivity index (χ1n) is 13.0. The number of halogens is 2. The van der Waals surface area contributed by atoms with Crippen molar-refractivity contribution in [2.24, 2.45) is 0 Å². The van der Waals surface area contributed by atoms with Crippen molar-refractivity contribution in [3.8, 4) is 0 Å². The van der Waals surface area contributed by atoms with Gasteiger partial charge in [0.15, 0.2) is 0 Å². The summed E-state index contributed by atoms with van der Waals surface area (Å²) in [5, 5.41) is 3.57. The van der Waals surface area contributed by atoms with Gasteiger partial charge >= 0.3 is 0 Å². The summed E-state index contributed by atoms with van der Waals surface area (Å²) >= 11 is 9.61. The summed E-state index contributed by atoms with van der Waals surface area (Å²) in [4.78, 5) is 28.3. The Labute approximate surface area is 240 Å². The monoisotopic (exact) mass is 625 g/mol. The third-order valence-corrected chi connectivity index (χ3v) is 8.86. The lowest BCUT2D eigenvalue weighted by molar-refractivity contribution is -0.141. The lowest BCUT2D eigenvalue weighted by Crippen LogP contribution is -2.50. The molecule has 38 heavy (non-hydrogen) atoms. The van der Waals surface area contributed by atoms with E-state index in [0.29, 0.717) is 17.1 Å². The maximum absolute atomic E-state index is 13.5. The number of anilines is 1. The predicted molar refractivity (Wildman–Crippen MR) is 157 cm³/mol. The molecule has 0 saturated heterocycles. The Bertz CT molecular complexity index is 1230. The number of hydrogen-bond donors (Lipinski definition) is 1. The molecular formula is C28H37BrClN3O4S. The van der Waals surface area contributed by atoms with Crippen LogP contribution in [0.25, 0.3) is 0 Å². The zero-order valence-corrected chi connectivity index (χ0v) is 25.4. The van der Waals surface area contributed by atoms with Crippen molar-refractivity contribution < 1.29 is 18.0 Å². The molecule has 10 heteroatoms. The van der Waals surface area contributed by atoms with Crippen molar-refractivity contribution in [1.82, 2.24) is 10.2 Å². The van der Waals surface area contributed by atoms with E-state index in [0.717, 1.165) is 47.5 Å². The summed E-state index contributed by atoms with van der Waals surface area (Å²) in [5.41, 5.74) is 2.17. The van der Waals surface area contributed by atoms with Crippen LogP contribution >= 0.6 is 27.5 Å². The van der Waals surface area contributed by atoms with Crippen LogP contribution in [0.2, 0.25) is 5.02 Å². The van der Waals surface area contributed by atoms with Crippen LogP contribution in [0.1, 0.15) is 63.0 Å². The minimum atomic E-state index is -3.59. The van der Waals surface area contributed by atoms with Crippen molar-refractivity contribution in [3.63, 3.8) is 0 Å². The van der Waals surface area contributed by atoms with Gasteiger partial charge in [0.25, 0.3) is 0 Å². The quantitative estimate of drug-likeness (QED) is 0.340. The van der Waals surface area contributed by atoms with Gasteiger partial charge in [-0.1, -0.05) is 65.0 Å². The molecule has 2 aromatic carbocycles. The molecule has 1 aliphatic rings. The van der Waals surface area contributed by atoms with E-state index in [1.165, 1.54) is 10.7 Å². The Morgan fingerprint density at radius 3 is 2.50 bits per heavy atom. The first-order chi connectivity index (χ1) is 18.0. The summed E-state index contributed by atoms with van der Waals surface area (Å²) in [6.45, 7) is 3.98. The molecule has 0 heterocycles. The minimum absolute atomic E-state index is 0.0979. The second-order valence-corrected chi connectivity index (χ2v) is 13.3. The molecule has 2 amide bonds. The van der Waals surface area contributed by atoms with Crippen molar-refractivity contribution >= 4 is 55.1 Å². The second-order valence-electron chi connectivity index (χ2n) is 10.0. The predicted octanol–water partition coefficient (Wildman–Crippen LogP) is 5.82. The van der Waals surface area contributed by atoms with Gasteiger partial charge in [-0.25, -0.2) is 8.42 Å². The van der Waals surface area contributed by atoms with Crippen LogP contribution in [0.5, 0.6) is 0 Å². The molecule has 0 bridgehead atoms. The van der Waals surface area contributed by atoms with Crippen LogP contribution in [0, 0.1) is 6.92 Å². The molecule has 1 fully saturated rings. The second kappa shape index (κ2) is 13.8. The van der Waals surface area contributed by atoms with Crippen LogP contribution in [0.3, 0.4) is 0 Å². The van der Waals surface area contributed by atoms with Crippen LogP contribution in [0.4, 0.5) is 5.69 Å². The van der Waals surface area contributed by atoms with Crippen molar-refractivity contribution in [2.75, 3.05) is 17.1 Å². The largest absolute Gasteiger partial charge is 0.352 e. The van der Waals surface area contributed by atoms with Gasteiger partial charge in [0.2, 0.25) is 21.8 Å². The van der Waals surface area contributed by atoms with Gasteiger partial charge in [0.1, 0.15) is 6.04 Å². The summed E-state index contributed by atoms with van der Waals surface area (Å²) in [7, 11) is -3.59. The zero-order valence-electron chi connectivity index (χ0n) is 22.3. The summed E-state index contributed by atoms with van der Waals surface area (Å²) < 4.78 is 27.4. The Balaban J connectivity index is 1.74. The number of hydrogen-bond acceptors (Lipinski definition) is 4. The van der Waals surface area contributed by atoms with Gasteiger partial charge in [-0.2, -0.15) is 0 Å². The highest BCUT2D eigenvalue weighted by Crippen LogP contribution is 2.27. The first-order valence-corrected chi connectivity index (χ1v) is 16.1. The van der Waals surface area contributed by atoms with E-state index in [2.05, 4.69) is 21.2 Å². The molecule has 1 aliphatic carbocycles. The van der Waals surface area contributed by atoms with E-state index in [1.807, 2.05) is 31.2 Å². The number of aryl methyl sites for hydroxylation is 1. The third-order valence-electron chi connectivity index (χ3n) is 6.95. The number of amides is 2. The SMILES string of the molecule is Cc1ccc(Cl)cc1N(CCCC(=O)N(Cc1cccc(Br)c1)[C@H](C)C(=O)NC1CCCCC1)S(C)(=O)=O. The smallest absolute Gasteiger partial charge is 0.242 e. The van der Waals surface area contributed by atoms with Crippen molar-refractivity contribution in [1.29, 1.82) is 0 Å². The van der Waals surface area contributed by atoms with Crippen LogP contribution in [-0.4, -0.2) is 50.0 Å². The number of carbonyl (C=O) groups is 2. The van der Waals surface area contributed by atoms with Gasteiger partial charge in [0, 0.05) is 35.0 Å². The first kappa shape index (κ1) is 30.4. The van der Waals surface area contributed by atoms with E-state index >= 15 is 0 Å². The normalized spacial score (nSPS) is 15.1. The highest BCUT2D eigenvalue weighted by Gasteiger charge is 2.28. The number of sulfonamides is 1. The molecule has 0 aliphatic heterocycles. The molecule has 3 rings (SSSR count). The van der Waals surface area contributed by atoms with Crippen molar-refractivity contribution in [2.45, 2.75) is 77.4 Å². The lowest BCUT2D eigenvalue weighted by atomic mass is 9.95. The average Bonchev–Trinajstić information content (AvgIpc) is 2.86. The van der Waals surface area contributed by atoms with E-state index in [-0.39, 0.29) is 37.4 Å². The fraction of sp³-hybridized carbons (Fsp3) is 0.500. The standard InChI is InChI=1S/C28H37BrClN3O4S/c1-20-14-15-24(30)18-26(20)33(38(3,36)37)16-8-13-27(34)32(19-22-9-7-10-23(29)17-22)21(2)28(35)31-25-11-5-4-6-12-25/h7,9-10,14-15,17-18,21,25H,4-6,8,11-13,16,19H2,1-3H3,(H,31,35)/t21-/m1/s1. The summed E-state index contributed by atoms with van der Waals surface area (Å²) in [6, 6.07) is 12.2. The Morgan fingerprint density at radius 1 is 1.13 bits per heavy atom. The molecule has 208 valence electrons. The molecular weight excluding hydrogens is 590 g/mol. The number of rotatable bonds is 11. The molecule has 0 spiro atoms. The van der Waals surface area contributed by atoms with E-state index < -0.39 is 16.1 Å². The molecule has 2 aromatic rings. The van der Waals surface area contributed by atoms with E-state index in [1.54, 1.807) is 30.0 Å². The van der Waals surface area contributed by atoms with Gasteiger partial charge in [-0.15, -0.1) is 0 Å². The third kappa shape index (κ3) is 8.71. The van der Waals surface area contributed by atoms with Gasteiger partial charge in [-0.05, 0) is 68.5 Å². The van der Waals surface area contributed by atoms with Gasteiger partial charge in [-0.3, -0.25) is 13.9 Å². The van der Waals surface area contributed by atoms with E-state index in [9.17, 15) is 18.0 Å². The van der Waals surface area contributed by atoms with Crippen molar-refractivity contribution in [3.05, 3.63) is 63.1 Å². The van der Waals surface area contributed by atoms with Gasteiger partial charge < -0.3 is 10.2 Å². The number of benzene rings is 2. The molecule has 7 nitrogen and oxygen atoms in total. The maximum atomic E-state index is 13.5. The molecule has 0 unspecified atom stereocenters. The number of nitrogens with zero attached hydrogens (tertiary/aromatic N) is 2. The molecule has 0 radical (unpaired) electrons. The Hall–Kier alpha value is -2.10. The van der Waals surface area contributed by atoms with E-state index in [4.69, 9.17) is 11.6 Å². The zero-order chi connectivity index (χ0) is 27.9. The molecule has 1 atom stereocenters. The summed E-state index contributed by atoms with van der Waals surface area (Å²) in [6.07, 6.45) is 6.85. The topological polar surface area (TPSA) is 86.8 Å². The summed E-state index contributed by atoms with van der Waals surface area (Å²) in [5.74, 6) is -0.361. The molecule has 1 N–H and O–H groups in total. The number of nitrogens with one attached hydrogen (secondary N) is 1. The van der Waals surface area contributed by atoms with Gasteiger partial charge in [0.05, 0.1) is 11.9 Å². The fourth-order valence-corrected chi connectivity index (χ4v) is 6.44. The molecule has 1 saturated carbocycles. The van der Waals surface area contributed by atoms with Crippen LogP contribution in [0.15, 0.2) is 46.9 Å². The minimum Gasteiger partial charge on any atom is -0.352 e. The Kier molecular flexibility index (Phi) is 11.1. The lowest BCUT2D eigenvalue weighted by Gasteiger charge is -2.31. The maximum Gasteiger partial charge on any atom is 0.242 e. The Morgan fingerprint density at radius 2 is 1.84 bits per heavy atom.